The number of esters is 1. The fourth-order valence-electron chi connectivity index (χ4n) is 3.83. The molecule has 1 amide bonds. The molecule has 5 atom stereocenters. The summed E-state index contributed by atoms with van der Waals surface area (Å²) in [6.45, 7) is 5.31. The van der Waals surface area contributed by atoms with Gasteiger partial charge in [-0.3, -0.25) is 14.9 Å². The minimum Gasteiger partial charge on any atom is -0.480 e. The van der Waals surface area contributed by atoms with Crippen LogP contribution in [0.25, 0.3) is 0 Å². The van der Waals surface area contributed by atoms with Crippen molar-refractivity contribution in [3.05, 3.63) is 0 Å². The lowest BCUT2D eigenvalue weighted by atomic mass is 10.0. The van der Waals surface area contributed by atoms with E-state index in [2.05, 4.69) is 5.32 Å². The van der Waals surface area contributed by atoms with E-state index in [-0.39, 0.29) is 24.5 Å². The van der Waals surface area contributed by atoms with E-state index in [0.717, 1.165) is 19.3 Å². The van der Waals surface area contributed by atoms with E-state index in [1.54, 1.807) is 20.8 Å². The lowest BCUT2D eigenvalue weighted by Crippen LogP contribution is -2.54. The Balaban J connectivity index is 2.04. The number of carboxylic acids is 1. The monoisotopic (exact) mass is 326 g/mol. The molecule has 0 bridgehead atoms. The molecular formula is C16H26N2O5. The van der Waals surface area contributed by atoms with Gasteiger partial charge in [-0.05, 0) is 46.0 Å². The Bertz CT molecular complexity index is 481. The SMILES string of the molecule is CCOC(=O)[C@H](C)N[C@@H](C)C(=O)N1[C@H](C(=O)O)C[C@@H]2CCC[C@@H]21. The van der Waals surface area contributed by atoms with Gasteiger partial charge in [-0.25, -0.2) is 4.79 Å². The van der Waals surface area contributed by atoms with Crippen molar-refractivity contribution < 1.29 is 24.2 Å². The van der Waals surface area contributed by atoms with E-state index < -0.39 is 30.1 Å². The average molecular weight is 326 g/mol. The first-order valence-corrected chi connectivity index (χ1v) is 8.34. The summed E-state index contributed by atoms with van der Waals surface area (Å²) in [5, 5.41) is 12.3. The highest BCUT2D eigenvalue weighted by Gasteiger charge is 2.49. The molecule has 1 saturated heterocycles. The van der Waals surface area contributed by atoms with Gasteiger partial charge in [-0.1, -0.05) is 6.42 Å². The first-order chi connectivity index (χ1) is 10.9. The van der Waals surface area contributed by atoms with Gasteiger partial charge >= 0.3 is 11.9 Å². The lowest BCUT2D eigenvalue weighted by Gasteiger charge is -2.31. The molecule has 0 aromatic carbocycles. The summed E-state index contributed by atoms with van der Waals surface area (Å²) >= 11 is 0. The Kier molecular flexibility index (Phi) is 5.62. The molecule has 1 aliphatic heterocycles. The van der Waals surface area contributed by atoms with Gasteiger partial charge in [-0.2, -0.15) is 0 Å². The second kappa shape index (κ2) is 7.29. The molecule has 0 spiro atoms. The fraction of sp³-hybridized carbons (Fsp3) is 0.812. The van der Waals surface area contributed by atoms with Crippen LogP contribution >= 0.6 is 0 Å². The molecule has 2 rings (SSSR count). The van der Waals surface area contributed by atoms with E-state index in [4.69, 9.17) is 4.74 Å². The van der Waals surface area contributed by atoms with Gasteiger partial charge in [0.15, 0.2) is 0 Å². The third kappa shape index (κ3) is 3.65. The summed E-state index contributed by atoms with van der Waals surface area (Å²) in [5.74, 6) is -1.32. The van der Waals surface area contributed by atoms with Gasteiger partial charge in [0.25, 0.3) is 0 Å². The highest BCUT2D eigenvalue weighted by atomic mass is 16.5. The quantitative estimate of drug-likeness (QED) is 0.700. The molecule has 1 aliphatic carbocycles. The Hall–Kier alpha value is -1.63. The standard InChI is InChI=1S/C16H26N2O5/c1-4-23-16(22)10(3)17-9(2)14(19)18-12-7-5-6-11(12)8-13(18)15(20)21/h9-13,17H,4-8H2,1-3H3,(H,20,21)/t9-,10-,11-,12-,13-/m0/s1. The maximum Gasteiger partial charge on any atom is 0.326 e. The molecule has 2 fully saturated rings. The molecule has 0 radical (unpaired) electrons. The first-order valence-electron chi connectivity index (χ1n) is 8.34. The molecule has 7 nitrogen and oxygen atoms in total. The molecule has 0 unspecified atom stereocenters. The maximum absolute atomic E-state index is 12.8. The van der Waals surface area contributed by atoms with Crippen LogP contribution in [0.5, 0.6) is 0 Å². The number of nitrogens with one attached hydrogen (secondary N) is 1. The second-order valence-corrected chi connectivity index (χ2v) is 6.46. The van der Waals surface area contributed by atoms with Gasteiger partial charge in [0, 0.05) is 6.04 Å². The number of hydrogen-bond acceptors (Lipinski definition) is 5. The zero-order valence-corrected chi connectivity index (χ0v) is 13.9. The van der Waals surface area contributed by atoms with E-state index in [1.165, 1.54) is 4.90 Å². The molecular weight excluding hydrogens is 300 g/mol. The van der Waals surface area contributed by atoms with Crippen molar-refractivity contribution in [2.45, 2.75) is 70.6 Å². The van der Waals surface area contributed by atoms with Crippen LogP contribution in [-0.4, -0.2) is 58.6 Å². The minimum atomic E-state index is -0.946. The summed E-state index contributed by atoms with van der Waals surface area (Å²) in [6.07, 6.45) is 3.41. The summed E-state index contributed by atoms with van der Waals surface area (Å²) in [5.41, 5.74) is 0. The number of carbonyl (C=O) groups is 3. The van der Waals surface area contributed by atoms with Crippen molar-refractivity contribution in [1.82, 2.24) is 10.2 Å². The number of carbonyl (C=O) groups excluding carboxylic acids is 2. The van der Waals surface area contributed by atoms with Crippen LogP contribution < -0.4 is 5.32 Å². The Morgan fingerprint density at radius 1 is 1.26 bits per heavy atom. The van der Waals surface area contributed by atoms with Crippen LogP contribution in [0.1, 0.15) is 46.5 Å². The van der Waals surface area contributed by atoms with Crippen molar-refractivity contribution in [2.75, 3.05) is 6.61 Å². The van der Waals surface area contributed by atoms with E-state index in [9.17, 15) is 19.5 Å². The molecule has 1 saturated carbocycles. The third-order valence-electron chi connectivity index (χ3n) is 4.89. The van der Waals surface area contributed by atoms with Gasteiger partial charge < -0.3 is 14.7 Å². The molecule has 2 N–H and O–H groups in total. The van der Waals surface area contributed by atoms with E-state index >= 15 is 0 Å². The van der Waals surface area contributed by atoms with Crippen LogP contribution in [0.2, 0.25) is 0 Å². The zero-order valence-electron chi connectivity index (χ0n) is 13.9. The summed E-state index contributed by atoms with van der Waals surface area (Å²) < 4.78 is 4.92. The van der Waals surface area contributed by atoms with Gasteiger partial charge in [0.05, 0.1) is 12.6 Å². The molecule has 23 heavy (non-hydrogen) atoms. The van der Waals surface area contributed by atoms with Gasteiger partial charge in [0.1, 0.15) is 12.1 Å². The minimum absolute atomic E-state index is 0.0192. The van der Waals surface area contributed by atoms with Crippen LogP contribution in [0.15, 0.2) is 0 Å². The predicted octanol–water partition coefficient (Wildman–Crippen LogP) is 0.770. The number of fused-ring (bicyclic) bond motifs is 1. The molecule has 0 aromatic rings. The summed E-state index contributed by atoms with van der Waals surface area (Å²) in [4.78, 5) is 37.5. The number of nitrogens with zero attached hydrogens (tertiary/aromatic N) is 1. The third-order valence-corrected chi connectivity index (χ3v) is 4.89. The number of rotatable bonds is 6. The summed E-state index contributed by atoms with van der Waals surface area (Å²) in [6, 6.07) is -1.97. The second-order valence-electron chi connectivity index (χ2n) is 6.46. The molecule has 0 aromatic heterocycles. The van der Waals surface area contributed by atoms with E-state index in [1.807, 2.05) is 0 Å². The highest BCUT2D eigenvalue weighted by Crippen LogP contribution is 2.41. The molecule has 2 aliphatic rings. The molecule has 7 heteroatoms. The first kappa shape index (κ1) is 17.7. The van der Waals surface area contributed by atoms with Crippen molar-refractivity contribution in [3.63, 3.8) is 0 Å². The average Bonchev–Trinajstić information content (AvgIpc) is 3.06. The topological polar surface area (TPSA) is 95.9 Å². The number of aliphatic carboxylic acids is 1. The maximum atomic E-state index is 12.8. The predicted molar refractivity (Wildman–Crippen MR) is 82.7 cm³/mol. The smallest absolute Gasteiger partial charge is 0.326 e. The number of amides is 1. The van der Waals surface area contributed by atoms with E-state index in [0.29, 0.717) is 6.42 Å². The number of ether oxygens (including phenoxy) is 1. The molecule has 1 heterocycles. The molecule has 130 valence electrons. The fourth-order valence-corrected chi connectivity index (χ4v) is 3.83. The van der Waals surface area contributed by atoms with Gasteiger partial charge in [0.2, 0.25) is 5.91 Å². The van der Waals surface area contributed by atoms with Crippen LogP contribution in [0.3, 0.4) is 0 Å². The van der Waals surface area contributed by atoms with Crippen LogP contribution in [-0.2, 0) is 19.1 Å². The Morgan fingerprint density at radius 2 is 1.96 bits per heavy atom. The number of likely N-dealkylation sites (tertiary alicyclic amines) is 1. The lowest BCUT2D eigenvalue weighted by molar-refractivity contribution is -0.151. The number of hydrogen-bond donors (Lipinski definition) is 2. The van der Waals surface area contributed by atoms with Crippen LogP contribution in [0, 0.1) is 5.92 Å². The van der Waals surface area contributed by atoms with Crippen molar-refractivity contribution in [2.24, 2.45) is 5.92 Å². The number of carboxylic acid groups (broad SMARTS) is 1. The van der Waals surface area contributed by atoms with Crippen molar-refractivity contribution in [1.29, 1.82) is 0 Å². The van der Waals surface area contributed by atoms with Crippen molar-refractivity contribution >= 4 is 17.8 Å². The largest absolute Gasteiger partial charge is 0.480 e. The van der Waals surface area contributed by atoms with Crippen molar-refractivity contribution in [3.8, 4) is 0 Å². The Morgan fingerprint density at radius 3 is 2.57 bits per heavy atom. The normalized spacial score (nSPS) is 29.0. The van der Waals surface area contributed by atoms with Gasteiger partial charge in [-0.15, -0.1) is 0 Å². The van der Waals surface area contributed by atoms with Crippen LogP contribution in [0.4, 0.5) is 0 Å². The Labute approximate surface area is 136 Å². The zero-order chi connectivity index (χ0) is 17.1. The summed E-state index contributed by atoms with van der Waals surface area (Å²) in [7, 11) is 0. The highest BCUT2D eigenvalue weighted by molar-refractivity contribution is 5.88.